The van der Waals surface area contributed by atoms with Crippen LogP contribution in [0.2, 0.25) is 0 Å². The van der Waals surface area contributed by atoms with Crippen LogP contribution in [-0.2, 0) is 4.74 Å². The van der Waals surface area contributed by atoms with Gasteiger partial charge in [-0.1, -0.05) is 12.1 Å². The van der Waals surface area contributed by atoms with Gasteiger partial charge in [-0.05, 0) is 12.1 Å². The quantitative estimate of drug-likeness (QED) is 0.424. The number of benzene rings is 1. The summed E-state index contributed by atoms with van der Waals surface area (Å²) in [7, 11) is 0. The van der Waals surface area contributed by atoms with Crippen LogP contribution in [0.4, 0.5) is 5.82 Å². The smallest absolute Gasteiger partial charge is 0.283 e. The van der Waals surface area contributed by atoms with Crippen LogP contribution < -0.4 is 16.2 Å². The molecule has 1 aliphatic rings. The molecule has 0 atom stereocenters. The third kappa shape index (κ3) is 3.38. The normalized spacial score (nSPS) is 14.6. The van der Waals surface area contributed by atoms with Crippen LogP contribution in [0.3, 0.4) is 0 Å². The van der Waals surface area contributed by atoms with Crippen molar-refractivity contribution in [1.82, 2.24) is 15.4 Å². The Morgan fingerprint density at radius 2 is 2.04 bits per heavy atom. The molecule has 0 spiro atoms. The number of nitrogens with zero attached hydrogens (tertiary/aromatic N) is 3. The molecule has 8 heteroatoms. The fourth-order valence-electron chi connectivity index (χ4n) is 2.35. The van der Waals surface area contributed by atoms with E-state index in [1.807, 2.05) is 4.90 Å². The summed E-state index contributed by atoms with van der Waals surface area (Å²) in [6, 6.07) is 8.16. The van der Waals surface area contributed by atoms with E-state index < -0.39 is 5.91 Å². The number of hydrogen-bond donors (Lipinski definition) is 3. The highest BCUT2D eigenvalue weighted by molar-refractivity contribution is 5.93. The molecule has 1 saturated heterocycles. The number of carbonyl (C=O) groups excluding carboxylic acids is 1. The number of hydrogen-bond acceptors (Lipinski definition) is 7. The van der Waals surface area contributed by atoms with Gasteiger partial charge in [0.15, 0.2) is 5.82 Å². The second-order valence-corrected chi connectivity index (χ2v) is 5.06. The summed E-state index contributed by atoms with van der Waals surface area (Å²) in [6.07, 6.45) is 0. The SMILES string of the molecule is NNC(=O)c1cc(N2CCOCC2)nc(-c2cccc(O)c2)n1. The Morgan fingerprint density at radius 3 is 2.74 bits per heavy atom. The predicted octanol–water partition coefficient (Wildman–Crippen LogP) is 0.289. The minimum absolute atomic E-state index is 0.104. The summed E-state index contributed by atoms with van der Waals surface area (Å²) < 4.78 is 5.33. The van der Waals surface area contributed by atoms with E-state index in [4.69, 9.17) is 10.6 Å². The zero-order valence-corrected chi connectivity index (χ0v) is 12.4. The Balaban J connectivity index is 2.05. The summed E-state index contributed by atoms with van der Waals surface area (Å²) >= 11 is 0. The average Bonchev–Trinajstić information content (AvgIpc) is 2.61. The Bertz CT molecular complexity index is 716. The van der Waals surface area contributed by atoms with Crippen LogP contribution in [0.1, 0.15) is 10.5 Å². The standard InChI is InChI=1S/C15H17N5O3/c16-19-15(22)12-9-13(20-4-6-23-7-5-20)18-14(17-12)10-2-1-3-11(21)8-10/h1-3,8-9,21H,4-7,16H2,(H,19,22). The zero-order chi connectivity index (χ0) is 16.2. The predicted molar refractivity (Wildman–Crippen MR) is 83.8 cm³/mol. The van der Waals surface area contributed by atoms with Gasteiger partial charge in [0, 0.05) is 24.7 Å². The highest BCUT2D eigenvalue weighted by atomic mass is 16.5. The second-order valence-electron chi connectivity index (χ2n) is 5.06. The van der Waals surface area contributed by atoms with E-state index in [1.54, 1.807) is 30.3 Å². The molecule has 0 radical (unpaired) electrons. The maximum absolute atomic E-state index is 11.9. The molecule has 8 nitrogen and oxygen atoms in total. The van der Waals surface area contributed by atoms with Crippen molar-refractivity contribution >= 4 is 11.7 Å². The van der Waals surface area contributed by atoms with Crippen LogP contribution in [0.5, 0.6) is 5.75 Å². The molecule has 0 unspecified atom stereocenters. The summed E-state index contributed by atoms with van der Waals surface area (Å²) in [5.74, 6) is 5.80. The molecule has 1 aromatic carbocycles. The van der Waals surface area contributed by atoms with Gasteiger partial charge in [-0.3, -0.25) is 10.2 Å². The number of morpholine rings is 1. The number of phenols is 1. The van der Waals surface area contributed by atoms with Crippen molar-refractivity contribution in [3.63, 3.8) is 0 Å². The fraction of sp³-hybridized carbons (Fsp3) is 0.267. The van der Waals surface area contributed by atoms with E-state index >= 15 is 0 Å². The number of aromatic hydroxyl groups is 1. The first kappa shape index (κ1) is 15.2. The van der Waals surface area contributed by atoms with Crippen molar-refractivity contribution in [3.05, 3.63) is 36.0 Å². The first-order valence-corrected chi connectivity index (χ1v) is 7.19. The molecule has 2 heterocycles. The van der Waals surface area contributed by atoms with Crippen molar-refractivity contribution in [2.45, 2.75) is 0 Å². The number of amides is 1. The minimum Gasteiger partial charge on any atom is -0.508 e. The summed E-state index contributed by atoms with van der Waals surface area (Å²) in [5.41, 5.74) is 2.87. The molecule has 2 aromatic rings. The largest absolute Gasteiger partial charge is 0.508 e. The minimum atomic E-state index is -0.497. The van der Waals surface area contributed by atoms with E-state index in [0.29, 0.717) is 43.5 Å². The van der Waals surface area contributed by atoms with Crippen molar-refractivity contribution in [3.8, 4) is 17.1 Å². The van der Waals surface area contributed by atoms with Gasteiger partial charge in [0.2, 0.25) is 0 Å². The van der Waals surface area contributed by atoms with Crippen molar-refractivity contribution in [2.75, 3.05) is 31.2 Å². The monoisotopic (exact) mass is 315 g/mol. The van der Waals surface area contributed by atoms with Crippen molar-refractivity contribution < 1.29 is 14.6 Å². The molecule has 1 aliphatic heterocycles. The number of carbonyl (C=O) groups is 1. The fourth-order valence-corrected chi connectivity index (χ4v) is 2.35. The van der Waals surface area contributed by atoms with Gasteiger partial charge >= 0.3 is 0 Å². The Morgan fingerprint density at radius 1 is 1.26 bits per heavy atom. The lowest BCUT2D eigenvalue weighted by Gasteiger charge is -2.28. The van der Waals surface area contributed by atoms with E-state index in [0.717, 1.165) is 0 Å². The second kappa shape index (κ2) is 6.59. The number of nitrogens with one attached hydrogen (secondary N) is 1. The molecule has 1 amide bonds. The van der Waals surface area contributed by atoms with Gasteiger partial charge in [-0.15, -0.1) is 0 Å². The third-order valence-corrected chi connectivity index (χ3v) is 3.52. The molecule has 0 aliphatic carbocycles. The first-order valence-electron chi connectivity index (χ1n) is 7.19. The Kier molecular flexibility index (Phi) is 4.35. The van der Waals surface area contributed by atoms with E-state index in [1.165, 1.54) is 0 Å². The highest BCUT2D eigenvalue weighted by Gasteiger charge is 2.18. The maximum atomic E-state index is 11.9. The summed E-state index contributed by atoms with van der Waals surface area (Å²) in [6.45, 7) is 2.56. The zero-order valence-electron chi connectivity index (χ0n) is 12.4. The van der Waals surface area contributed by atoms with Crippen LogP contribution in [0, 0.1) is 0 Å². The molecule has 1 aromatic heterocycles. The van der Waals surface area contributed by atoms with Gasteiger partial charge in [0.1, 0.15) is 17.3 Å². The van der Waals surface area contributed by atoms with Crippen molar-refractivity contribution in [1.29, 1.82) is 0 Å². The molecule has 3 rings (SSSR count). The molecule has 1 fully saturated rings. The molecule has 0 bridgehead atoms. The number of rotatable bonds is 3. The molecule has 120 valence electrons. The number of nitrogen functional groups attached to an aromatic ring is 1. The highest BCUT2D eigenvalue weighted by Crippen LogP contribution is 2.23. The van der Waals surface area contributed by atoms with Crippen LogP contribution in [0.15, 0.2) is 30.3 Å². The number of nitrogens with two attached hydrogens (primary N) is 1. The van der Waals surface area contributed by atoms with Crippen LogP contribution >= 0.6 is 0 Å². The van der Waals surface area contributed by atoms with E-state index in [9.17, 15) is 9.90 Å². The molecular weight excluding hydrogens is 298 g/mol. The number of anilines is 1. The van der Waals surface area contributed by atoms with Gasteiger partial charge in [0.25, 0.3) is 5.91 Å². The number of aromatic nitrogens is 2. The number of phenolic OH excluding ortho intramolecular Hbond substituents is 1. The molecule has 0 saturated carbocycles. The third-order valence-electron chi connectivity index (χ3n) is 3.52. The Hall–Kier alpha value is -2.71. The maximum Gasteiger partial charge on any atom is 0.283 e. The van der Waals surface area contributed by atoms with Crippen LogP contribution in [-0.4, -0.2) is 47.3 Å². The molecule has 4 N–H and O–H groups in total. The lowest BCUT2D eigenvalue weighted by Crippen LogP contribution is -2.37. The van der Waals surface area contributed by atoms with Gasteiger partial charge in [0.05, 0.1) is 13.2 Å². The summed E-state index contributed by atoms with van der Waals surface area (Å²) in [5, 5.41) is 9.64. The summed E-state index contributed by atoms with van der Waals surface area (Å²) in [4.78, 5) is 22.6. The average molecular weight is 315 g/mol. The van der Waals surface area contributed by atoms with Gasteiger partial charge in [-0.25, -0.2) is 15.8 Å². The number of hydrazine groups is 1. The topological polar surface area (TPSA) is 114 Å². The number of ether oxygens (including phenoxy) is 1. The van der Waals surface area contributed by atoms with Crippen molar-refractivity contribution in [2.24, 2.45) is 5.84 Å². The van der Waals surface area contributed by atoms with Gasteiger partial charge < -0.3 is 14.7 Å². The van der Waals surface area contributed by atoms with E-state index in [-0.39, 0.29) is 11.4 Å². The van der Waals surface area contributed by atoms with E-state index in [2.05, 4.69) is 15.4 Å². The molecule has 23 heavy (non-hydrogen) atoms. The molecular formula is C15H17N5O3. The van der Waals surface area contributed by atoms with Gasteiger partial charge in [-0.2, -0.15) is 0 Å². The lowest BCUT2D eigenvalue weighted by atomic mass is 10.2. The van der Waals surface area contributed by atoms with Crippen LogP contribution in [0.25, 0.3) is 11.4 Å². The lowest BCUT2D eigenvalue weighted by molar-refractivity contribution is 0.0948. The first-order chi connectivity index (χ1) is 11.2. The Labute approximate surface area is 132 Å².